The number of aliphatic hydroxyl groups excluding tert-OH is 1. The molecule has 1 nitrogen and oxygen atoms in total. The molecular formula is C16H24OS. The van der Waals surface area contributed by atoms with Gasteiger partial charge in [0.25, 0.3) is 0 Å². The first kappa shape index (κ1) is 14.0. The Bertz CT molecular complexity index is 360. The van der Waals surface area contributed by atoms with E-state index in [-0.39, 0.29) is 6.10 Å². The van der Waals surface area contributed by atoms with Crippen LogP contribution in [0.2, 0.25) is 0 Å². The molecule has 0 aromatic heterocycles. The van der Waals surface area contributed by atoms with Crippen LogP contribution < -0.4 is 0 Å². The number of aliphatic hydroxyl groups is 1. The fourth-order valence-electron chi connectivity index (χ4n) is 2.68. The van der Waals surface area contributed by atoms with Crippen molar-refractivity contribution in [3.8, 4) is 0 Å². The second-order valence-corrected chi connectivity index (χ2v) is 6.88. The van der Waals surface area contributed by atoms with Crippen molar-refractivity contribution in [3.63, 3.8) is 0 Å². The van der Waals surface area contributed by atoms with E-state index in [9.17, 15) is 5.11 Å². The Morgan fingerprint density at radius 1 is 1.28 bits per heavy atom. The fraction of sp³-hybridized carbons (Fsp3) is 0.625. The van der Waals surface area contributed by atoms with Crippen LogP contribution in [0, 0.1) is 5.92 Å². The van der Waals surface area contributed by atoms with Gasteiger partial charge in [0.05, 0.1) is 6.10 Å². The summed E-state index contributed by atoms with van der Waals surface area (Å²) in [7, 11) is 0. The van der Waals surface area contributed by atoms with E-state index < -0.39 is 0 Å². The van der Waals surface area contributed by atoms with Gasteiger partial charge in [-0.2, -0.15) is 0 Å². The Kier molecular flexibility index (Phi) is 5.13. The lowest BCUT2D eigenvalue weighted by molar-refractivity contribution is 0.173. The van der Waals surface area contributed by atoms with E-state index in [4.69, 9.17) is 0 Å². The van der Waals surface area contributed by atoms with Crippen molar-refractivity contribution in [2.24, 2.45) is 5.92 Å². The fourth-order valence-corrected chi connectivity index (χ4v) is 4.07. The Morgan fingerprint density at radius 3 is 2.61 bits per heavy atom. The summed E-state index contributed by atoms with van der Waals surface area (Å²) in [5.41, 5.74) is 1.04. The van der Waals surface area contributed by atoms with Gasteiger partial charge >= 0.3 is 0 Å². The molecule has 1 aliphatic rings. The molecule has 1 fully saturated rings. The molecule has 0 spiro atoms. The minimum Gasteiger partial charge on any atom is -0.388 e. The molecule has 100 valence electrons. The monoisotopic (exact) mass is 264 g/mol. The van der Waals surface area contributed by atoms with E-state index in [2.05, 4.69) is 31.2 Å². The molecule has 3 atom stereocenters. The van der Waals surface area contributed by atoms with Gasteiger partial charge in [0, 0.05) is 10.1 Å². The summed E-state index contributed by atoms with van der Waals surface area (Å²) < 4.78 is 0. The van der Waals surface area contributed by atoms with Crippen LogP contribution in [0.1, 0.15) is 57.6 Å². The van der Waals surface area contributed by atoms with Gasteiger partial charge in [0.1, 0.15) is 0 Å². The van der Waals surface area contributed by atoms with Crippen molar-refractivity contribution in [1.82, 2.24) is 0 Å². The molecule has 1 aromatic rings. The molecule has 0 saturated heterocycles. The topological polar surface area (TPSA) is 20.2 Å². The van der Waals surface area contributed by atoms with E-state index in [1.54, 1.807) is 0 Å². The highest BCUT2D eigenvalue weighted by Crippen LogP contribution is 2.36. The van der Waals surface area contributed by atoms with Gasteiger partial charge in [-0.15, -0.1) is 11.8 Å². The molecule has 1 N–H and O–H groups in total. The predicted octanol–water partition coefficient (Wildman–Crippen LogP) is 4.80. The first-order chi connectivity index (χ1) is 8.69. The average Bonchev–Trinajstić information content (AvgIpc) is 2.39. The molecule has 0 aliphatic heterocycles. The summed E-state index contributed by atoms with van der Waals surface area (Å²) in [5, 5.41) is 10.6. The summed E-state index contributed by atoms with van der Waals surface area (Å²) in [5.74, 6) is 0.887. The summed E-state index contributed by atoms with van der Waals surface area (Å²) >= 11 is 2.01. The first-order valence-electron chi connectivity index (χ1n) is 7.13. The van der Waals surface area contributed by atoms with Crippen LogP contribution in [0.15, 0.2) is 29.2 Å². The van der Waals surface area contributed by atoms with Gasteiger partial charge in [0.2, 0.25) is 0 Å². The van der Waals surface area contributed by atoms with E-state index in [0.29, 0.717) is 0 Å². The third-order valence-electron chi connectivity index (χ3n) is 3.84. The highest BCUT2D eigenvalue weighted by Gasteiger charge is 2.19. The number of rotatable bonds is 4. The van der Waals surface area contributed by atoms with Crippen molar-refractivity contribution >= 4 is 11.8 Å². The van der Waals surface area contributed by atoms with Crippen molar-refractivity contribution in [1.29, 1.82) is 0 Å². The molecule has 0 amide bonds. The first-order valence-corrected chi connectivity index (χ1v) is 8.01. The minimum absolute atomic E-state index is 0.307. The van der Waals surface area contributed by atoms with Crippen molar-refractivity contribution < 1.29 is 5.11 Å². The predicted molar refractivity (Wildman–Crippen MR) is 79.0 cm³/mol. The van der Waals surface area contributed by atoms with Crippen LogP contribution >= 0.6 is 11.8 Å². The lowest BCUT2D eigenvalue weighted by Crippen LogP contribution is -2.14. The van der Waals surface area contributed by atoms with Crippen molar-refractivity contribution in [2.75, 3.05) is 0 Å². The van der Waals surface area contributed by atoms with E-state index >= 15 is 0 Å². The SMILES string of the molecule is CC[C@H](O)c1ccc(SC2CCCC(C)C2)cc1. The van der Waals surface area contributed by atoms with Crippen LogP contribution in [0.25, 0.3) is 0 Å². The third kappa shape index (κ3) is 3.76. The highest BCUT2D eigenvalue weighted by molar-refractivity contribution is 8.00. The maximum atomic E-state index is 9.77. The number of benzene rings is 1. The quantitative estimate of drug-likeness (QED) is 0.843. The maximum absolute atomic E-state index is 9.77. The van der Waals surface area contributed by atoms with Crippen LogP contribution in [0.5, 0.6) is 0 Å². The summed E-state index contributed by atoms with van der Waals surface area (Å²) in [6.07, 6.45) is 5.97. The standard InChI is InChI=1S/C16H24OS/c1-3-16(17)13-7-9-14(10-8-13)18-15-6-4-5-12(2)11-15/h7-10,12,15-17H,3-6,11H2,1-2H3/t12?,15?,16-/m0/s1. The second kappa shape index (κ2) is 6.63. The van der Waals surface area contributed by atoms with Gasteiger partial charge < -0.3 is 5.11 Å². The van der Waals surface area contributed by atoms with Crippen LogP contribution in [0.3, 0.4) is 0 Å². The Hall–Kier alpha value is -0.470. The molecule has 0 bridgehead atoms. The van der Waals surface area contributed by atoms with E-state index in [0.717, 1.165) is 23.2 Å². The molecule has 18 heavy (non-hydrogen) atoms. The van der Waals surface area contributed by atoms with Gasteiger partial charge in [-0.25, -0.2) is 0 Å². The molecule has 1 aromatic carbocycles. The zero-order chi connectivity index (χ0) is 13.0. The highest BCUT2D eigenvalue weighted by atomic mass is 32.2. The molecule has 2 heteroatoms. The molecule has 1 aliphatic carbocycles. The summed E-state index contributed by atoms with van der Waals surface area (Å²) in [6, 6.07) is 8.47. The minimum atomic E-state index is -0.307. The maximum Gasteiger partial charge on any atom is 0.0787 e. The van der Waals surface area contributed by atoms with Crippen molar-refractivity contribution in [2.45, 2.75) is 62.2 Å². The number of thioether (sulfide) groups is 1. The second-order valence-electron chi connectivity index (χ2n) is 5.50. The largest absolute Gasteiger partial charge is 0.388 e. The molecule has 1 saturated carbocycles. The van der Waals surface area contributed by atoms with Gasteiger partial charge in [0.15, 0.2) is 0 Å². The molecule has 0 heterocycles. The normalized spacial score (nSPS) is 25.9. The lowest BCUT2D eigenvalue weighted by atomic mass is 9.91. The number of hydrogen-bond acceptors (Lipinski definition) is 2. The number of hydrogen-bond donors (Lipinski definition) is 1. The molecule has 0 radical (unpaired) electrons. The average molecular weight is 264 g/mol. The van der Waals surface area contributed by atoms with Crippen LogP contribution in [-0.2, 0) is 0 Å². The molecule has 2 unspecified atom stereocenters. The third-order valence-corrected chi connectivity index (χ3v) is 5.15. The molecule has 2 rings (SSSR count). The zero-order valence-corrected chi connectivity index (χ0v) is 12.2. The smallest absolute Gasteiger partial charge is 0.0787 e. The molecular weight excluding hydrogens is 240 g/mol. The van der Waals surface area contributed by atoms with Crippen molar-refractivity contribution in [3.05, 3.63) is 29.8 Å². The Balaban J connectivity index is 1.93. The van der Waals surface area contributed by atoms with Gasteiger partial charge in [-0.05, 0) is 42.9 Å². The van der Waals surface area contributed by atoms with E-state index in [1.165, 1.54) is 30.6 Å². The summed E-state index contributed by atoms with van der Waals surface area (Å²) in [4.78, 5) is 1.35. The Morgan fingerprint density at radius 2 is 2.00 bits per heavy atom. The van der Waals surface area contributed by atoms with Gasteiger partial charge in [-0.3, -0.25) is 0 Å². The lowest BCUT2D eigenvalue weighted by Gasteiger charge is -2.26. The summed E-state index contributed by atoms with van der Waals surface area (Å²) in [6.45, 7) is 4.38. The Labute approximate surface area is 115 Å². The van der Waals surface area contributed by atoms with Crippen LogP contribution in [-0.4, -0.2) is 10.4 Å². The zero-order valence-electron chi connectivity index (χ0n) is 11.4. The van der Waals surface area contributed by atoms with E-state index in [1.807, 2.05) is 18.7 Å². The van der Waals surface area contributed by atoms with Crippen LogP contribution in [0.4, 0.5) is 0 Å². The van der Waals surface area contributed by atoms with Gasteiger partial charge in [-0.1, -0.05) is 38.8 Å².